The fourth-order valence-corrected chi connectivity index (χ4v) is 1.89. The number of carbonyl (C=O) groups is 1. The molecule has 0 saturated carbocycles. The van der Waals surface area contributed by atoms with Gasteiger partial charge in [0.25, 0.3) is 5.69 Å². The Labute approximate surface area is 102 Å². The highest BCUT2D eigenvalue weighted by atomic mass is 16.6. The second-order valence-electron chi connectivity index (χ2n) is 4.03. The number of nitrogens with zero attached hydrogens (tertiary/aromatic N) is 2. The van der Waals surface area contributed by atoms with Crippen LogP contribution in [0.4, 0.5) is 5.69 Å². The average molecular weight is 246 g/mol. The van der Waals surface area contributed by atoms with E-state index >= 15 is 0 Å². The molecule has 0 aliphatic rings. The van der Waals surface area contributed by atoms with Gasteiger partial charge in [0.2, 0.25) is 0 Å². The molecule has 0 saturated heterocycles. The van der Waals surface area contributed by atoms with Crippen LogP contribution in [-0.4, -0.2) is 21.0 Å². The molecule has 0 atom stereocenters. The smallest absolute Gasteiger partial charge is 0.336 e. The van der Waals surface area contributed by atoms with Crippen LogP contribution in [0, 0.1) is 24.0 Å². The Kier molecular flexibility index (Phi) is 2.70. The van der Waals surface area contributed by atoms with Gasteiger partial charge in [-0.05, 0) is 25.5 Å². The van der Waals surface area contributed by atoms with Gasteiger partial charge >= 0.3 is 5.97 Å². The molecule has 0 unspecified atom stereocenters. The predicted octanol–water partition coefficient (Wildman–Crippen LogP) is 2.46. The summed E-state index contributed by atoms with van der Waals surface area (Å²) in [6, 6.07) is 4.05. The van der Waals surface area contributed by atoms with Crippen LogP contribution < -0.4 is 0 Å². The fraction of sp³-hybridized carbons (Fsp3) is 0.167. The van der Waals surface area contributed by atoms with Gasteiger partial charge in [0, 0.05) is 23.2 Å². The molecule has 18 heavy (non-hydrogen) atoms. The number of aromatic carboxylic acids is 1. The Morgan fingerprint density at radius 2 is 2.00 bits per heavy atom. The zero-order chi connectivity index (χ0) is 13.4. The number of non-ortho nitro benzene ring substituents is 1. The Bertz CT molecular complexity index is 679. The fourth-order valence-electron chi connectivity index (χ4n) is 1.89. The molecule has 92 valence electrons. The number of hydrogen-bond acceptors (Lipinski definition) is 4. The number of aryl methyl sites for hydroxylation is 2. The normalized spacial score (nSPS) is 10.6. The second kappa shape index (κ2) is 4.06. The van der Waals surface area contributed by atoms with Crippen LogP contribution in [0.25, 0.3) is 10.9 Å². The molecule has 0 fully saturated rings. The minimum atomic E-state index is -1.12. The zero-order valence-corrected chi connectivity index (χ0v) is 9.80. The van der Waals surface area contributed by atoms with Gasteiger partial charge in [-0.15, -0.1) is 0 Å². The van der Waals surface area contributed by atoms with Crippen molar-refractivity contribution in [2.24, 2.45) is 0 Å². The van der Waals surface area contributed by atoms with Gasteiger partial charge in [-0.2, -0.15) is 0 Å². The van der Waals surface area contributed by atoms with Gasteiger partial charge in [-0.1, -0.05) is 0 Å². The first-order valence-corrected chi connectivity index (χ1v) is 5.20. The summed E-state index contributed by atoms with van der Waals surface area (Å²) in [5.41, 5.74) is 1.54. The summed E-state index contributed by atoms with van der Waals surface area (Å²) < 4.78 is 0. The third kappa shape index (κ3) is 1.88. The predicted molar refractivity (Wildman–Crippen MR) is 64.8 cm³/mol. The lowest BCUT2D eigenvalue weighted by atomic mass is 10.0. The second-order valence-corrected chi connectivity index (χ2v) is 4.03. The maximum absolute atomic E-state index is 11.2. The van der Waals surface area contributed by atoms with E-state index in [-0.39, 0.29) is 11.3 Å². The van der Waals surface area contributed by atoms with Gasteiger partial charge in [-0.3, -0.25) is 15.1 Å². The number of nitro benzene ring substituents is 1. The highest BCUT2D eigenvalue weighted by molar-refractivity contribution is 6.04. The van der Waals surface area contributed by atoms with Gasteiger partial charge in [0.1, 0.15) is 0 Å². The molecule has 6 heteroatoms. The first-order chi connectivity index (χ1) is 8.40. The molecule has 0 aliphatic heterocycles. The van der Waals surface area contributed by atoms with Gasteiger partial charge in [0.05, 0.1) is 16.0 Å². The van der Waals surface area contributed by atoms with E-state index in [2.05, 4.69) is 4.98 Å². The summed E-state index contributed by atoms with van der Waals surface area (Å²) in [4.78, 5) is 25.6. The molecule has 1 aromatic carbocycles. The van der Waals surface area contributed by atoms with E-state index in [0.29, 0.717) is 22.2 Å². The van der Waals surface area contributed by atoms with Crippen molar-refractivity contribution in [1.29, 1.82) is 0 Å². The standard InChI is InChI=1S/C12H10N2O4/c1-6-3-8(14(17)18)5-9-10(12(15)16)4-7(2)13-11(6)9/h3-5H,1-2H3,(H,15,16). The topological polar surface area (TPSA) is 93.3 Å². The average Bonchev–Trinajstić information content (AvgIpc) is 2.28. The number of aromatic nitrogens is 1. The lowest BCUT2D eigenvalue weighted by Crippen LogP contribution is -2.02. The number of carboxylic acids is 1. The quantitative estimate of drug-likeness (QED) is 0.648. The van der Waals surface area contributed by atoms with Crippen LogP contribution in [-0.2, 0) is 0 Å². The molecule has 6 nitrogen and oxygen atoms in total. The molecule has 2 aromatic rings. The maximum Gasteiger partial charge on any atom is 0.336 e. The van der Waals surface area contributed by atoms with Crippen LogP contribution in [0.5, 0.6) is 0 Å². The summed E-state index contributed by atoms with van der Waals surface area (Å²) in [6.07, 6.45) is 0. The lowest BCUT2D eigenvalue weighted by Gasteiger charge is -2.06. The van der Waals surface area contributed by atoms with E-state index in [0.717, 1.165) is 0 Å². The summed E-state index contributed by atoms with van der Waals surface area (Å²) in [6.45, 7) is 3.36. The molecule has 0 amide bonds. The molecule has 1 N–H and O–H groups in total. The van der Waals surface area contributed by atoms with Crippen molar-refractivity contribution in [1.82, 2.24) is 4.98 Å². The molecule has 0 spiro atoms. The first-order valence-electron chi connectivity index (χ1n) is 5.20. The number of rotatable bonds is 2. The Balaban J connectivity index is 2.92. The SMILES string of the molecule is Cc1cc(C(=O)O)c2cc([N+](=O)[O-])cc(C)c2n1. The van der Waals surface area contributed by atoms with E-state index in [1.165, 1.54) is 18.2 Å². The molecular weight excluding hydrogens is 236 g/mol. The number of benzene rings is 1. The van der Waals surface area contributed by atoms with Crippen molar-refractivity contribution >= 4 is 22.6 Å². The third-order valence-electron chi connectivity index (χ3n) is 2.66. The first kappa shape index (κ1) is 12.0. The minimum Gasteiger partial charge on any atom is -0.478 e. The molecule has 0 bridgehead atoms. The maximum atomic E-state index is 11.2. The van der Waals surface area contributed by atoms with Crippen LogP contribution in [0.3, 0.4) is 0 Å². The number of pyridine rings is 1. The van der Waals surface area contributed by atoms with Crippen molar-refractivity contribution in [3.8, 4) is 0 Å². The van der Waals surface area contributed by atoms with E-state index < -0.39 is 10.9 Å². The Hall–Kier alpha value is -2.50. The van der Waals surface area contributed by atoms with Crippen LogP contribution in [0.15, 0.2) is 18.2 Å². The summed E-state index contributed by atoms with van der Waals surface area (Å²) in [5, 5.41) is 20.2. The van der Waals surface area contributed by atoms with Gasteiger partial charge in [-0.25, -0.2) is 4.79 Å². The number of hydrogen-bond donors (Lipinski definition) is 1. The highest BCUT2D eigenvalue weighted by Gasteiger charge is 2.16. The van der Waals surface area contributed by atoms with Crippen LogP contribution >= 0.6 is 0 Å². The van der Waals surface area contributed by atoms with Gasteiger partial charge in [0.15, 0.2) is 0 Å². The van der Waals surface area contributed by atoms with Crippen molar-refractivity contribution in [3.05, 3.63) is 45.1 Å². The van der Waals surface area contributed by atoms with Crippen molar-refractivity contribution in [2.45, 2.75) is 13.8 Å². The largest absolute Gasteiger partial charge is 0.478 e. The third-order valence-corrected chi connectivity index (χ3v) is 2.66. The monoisotopic (exact) mass is 246 g/mol. The molecule has 0 radical (unpaired) electrons. The van der Waals surface area contributed by atoms with Crippen LogP contribution in [0.1, 0.15) is 21.6 Å². The van der Waals surface area contributed by atoms with Crippen molar-refractivity contribution < 1.29 is 14.8 Å². The van der Waals surface area contributed by atoms with E-state index in [9.17, 15) is 14.9 Å². The van der Waals surface area contributed by atoms with Crippen LogP contribution in [0.2, 0.25) is 0 Å². The molecular formula is C12H10N2O4. The number of carboxylic acid groups (broad SMARTS) is 1. The van der Waals surface area contributed by atoms with Gasteiger partial charge < -0.3 is 5.11 Å². The van der Waals surface area contributed by atoms with Crippen molar-refractivity contribution in [2.75, 3.05) is 0 Å². The van der Waals surface area contributed by atoms with E-state index in [4.69, 9.17) is 5.11 Å². The number of nitro groups is 1. The van der Waals surface area contributed by atoms with Crippen molar-refractivity contribution in [3.63, 3.8) is 0 Å². The molecule has 1 heterocycles. The van der Waals surface area contributed by atoms with E-state index in [1.54, 1.807) is 13.8 Å². The Morgan fingerprint density at radius 3 is 2.56 bits per heavy atom. The Morgan fingerprint density at radius 1 is 1.33 bits per heavy atom. The van der Waals surface area contributed by atoms with E-state index in [1.807, 2.05) is 0 Å². The number of fused-ring (bicyclic) bond motifs is 1. The minimum absolute atomic E-state index is 0.0318. The summed E-state index contributed by atoms with van der Waals surface area (Å²) in [7, 11) is 0. The highest BCUT2D eigenvalue weighted by Crippen LogP contribution is 2.26. The summed E-state index contributed by atoms with van der Waals surface area (Å²) >= 11 is 0. The molecule has 1 aromatic heterocycles. The molecule has 0 aliphatic carbocycles. The molecule has 2 rings (SSSR count). The zero-order valence-electron chi connectivity index (χ0n) is 9.80. The summed E-state index contributed by atoms with van der Waals surface area (Å²) in [5.74, 6) is -1.12. The lowest BCUT2D eigenvalue weighted by molar-refractivity contribution is -0.384.